The summed E-state index contributed by atoms with van der Waals surface area (Å²) in [7, 11) is -3.11. The first kappa shape index (κ1) is 15.0. The van der Waals surface area contributed by atoms with Crippen molar-refractivity contribution in [2.45, 2.75) is 45.3 Å². The first-order valence-corrected chi connectivity index (χ1v) is 8.71. The molecule has 0 amide bonds. The van der Waals surface area contributed by atoms with Crippen molar-refractivity contribution in [3.8, 4) is 0 Å². The fourth-order valence-electron chi connectivity index (χ4n) is 2.87. The van der Waals surface area contributed by atoms with Gasteiger partial charge in [-0.1, -0.05) is 32.4 Å². The van der Waals surface area contributed by atoms with Gasteiger partial charge < -0.3 is 5.32 Å². The lowest BCUT2D eigenvalue weighted by Crippen LogP contribution is -2.45. The van der Waals surface area contributed by atoms with Crippen LogP contribution in [0.4, 0.5) is 0 Å². The van der Waals surface area contributed by atoms with Crippen molar-refractivity contribution < 1.29 is 8.42 Å². The molecule has 0 spiro atoms. The lowest BCUT2D eigenvalue weighted by atomic mass is 9.83. The third-order valence-electron chi connectivity index (χ3n) is 4.20. The molecule has 0 radical (unpaired) electrons. The van der Waals surface area contributed by atoms with E-state index in [1.807, 2.05) is 0 Å². The topological polar surface area (TPSA) is 49.4 Å². The van der Waals surface area contributed by atoms with Crippen molar-refractivity contribution in [1.82, 2.24) is 9.62 Å². The van der Waals surface area contributed by atoms with E-state index < -0.39 is 10.0 Å². The Morgan fingerprint density at radius 2 is 1.89 bits per heavy atom. The van der Waals surface area contributed by atoms with Crippen LogP contribution in [0.25, 0.3) is 0 Å². The largest absolute Gasteiger partial charge is 0.317 e. The summed E-state index contributed by atoms with van der Waals surface area (Å²) >= 11 is 0. The Morgan fingerprint density at radius 1 is 1.26 bits per heavy atom. The third-order valence-corrected chi connectivity index (χ3v) is 6.57. The van der Waals surface area contributed by atoms with Gasteiger partial charge in [0.25, 0.3) is 0 Å². The van der Waals surface area contributed by atoms with E-state index >= 15 is 0 Å². The maximum Gasteiger partial charge on any atom is 0.217 e. The average molecular weight is 286 g/mol. The van der Waals surface area contributed by atoms with Crippen LogP contribution in [0.5, 0.6) is 0 Å². The number of hydrogen-bond donors (Lipinski definition) is 1. The van der Waals surface area contributed by atoms with E-state index in [4.69, 9.17) is 0 Å². The minimum absolute atomic E-state index is 0.157. The molecule has 0 unspecified atom stereocenters. The Balaban J connectivity index is 2.06. The molecule has 0 aromatic carbocycles. The van der Waals surface area contributed by atoms with Crippen LogP contribution >= 0.6 is 0 Å². The third kappa shape index (κ3) is 3.38. The zero-order valence-corrected chi connectivity index (χ0v) is 13.1. The van der Waals surface area contributed by atoms with Gasteiger partial charge in [0.15, 0.2) is 0 Å². The maximum absolute atomic E-state index is 12.6. The molecule has 2 aliphatic heterocycles. The Hall–Kier alpha value is -0.390. The molecular formula is C14H26N2O2S. The average Bonchev–Trinajstić information content (AvgIpc) is 2.39. The van der Waals surface area contributed by atoms with E-state index in [1.54, 1.807) is 4.31 Å². The van der Waals surface area contributed by atoms with Gasteiger partial charge in [-0.25, -0.2) is 8.42 Å². The Morgan fingerprint density at radius 3 is 2.37 bits per heavy atom. The predicted molar refractivity (Wildman–Crippen MR) is 78.5 cm³/mol. The number of piperidine rings is 1. The first-order valence-electron chi connectivity index (χ1n) is 7.21. The molecule has 0 aliphatic carbocycles. The van der Waals surface area contributed by atoms with E-state index in [9.17, 15) is 8.42 Å². The van der Waals surface area contributed by atoms with Crippen molar-refractivity contribution in [3.05, 3.63) is 11.6 Å². The zero-order chi connectivity index (χ0) is 14.1. The molecule has 5 heteroatoms. The number of nitrogens with zero attached hydrogens (tertiary/aromatic N) is 1. The van der Waals surface area contributed by atoms with Crippen molar-refractivity contribution in [2.24, 2.45) is 5.41 Å². The smallest absolute Gasteiger partial charge is 0.217 e. The molecular weight excluding hydrogens is 260 g/mol. The maximum atomic E-state index is 12.6. The van der Waals surface area contributed by atoms with Gasteiger partial charge in [0.1, 0.15) is 0 Å². The Kier molecular flexibility index (Phi) is 4.38. The minimum atomic E-state index is -3.11. The van der Waals surface area contributed by atoms with Gasteiger partial charge in [0.2, 0.25) is 10.0 Å². The van der Waals surface area contributed by atoms with E-state index in [1.165, 1.54) is 5.57 Å². The summed E-state index contributed by atoms with van der Waals surface area (Å²) in [5.74, 6) is 0. The SMILES string of the molecule is CC(C)(C)C1=CCN(S(=O)(=O)C2CCNCC2)CC1. The molecule has 1 N–H and O–H groups in total. The molecule has 0 atom stereocenters. The van der Waals surface area contributed by atoms with Crippen LogP contribution in [-0.4, -0.2) is 44.2 Å². The van der Waals surface area contributed by atoms with Gasteiger partial charge in [0, 0.05) is 13.1 Å². The summed E-state index contributed by atoms with van der Waals surface area (Å²) in [6.45, 7) is 9.41. The summed E-state index contributed by atoms with van der Waals surface area (Å²) in [5.41, 5.74) is 1.54. The van der Waals surface area contributed by atoms with Crippen LogP contribution in [0.15, 0.2) is 11.6 Å². The fourth-order valence-corrected chi connectivity index (χ4v) is 4.75. The van der Waals surface area contributed by atoms with Crippen LogP contribution in [0.1, 0.15) is 40.0 Å². The van der Waals surface area contributed by atoms with Gasteiger partial charge in [0.05, 0.1) is 5.25 Å². The monoisotopic (exact) mass is 286 g/mol. The lowest BCUT2D eigenvalue weighted by Gasteiger charge is -2.34. The molecule has 2 rings (SSSR count). The number of sulfonamides is 1. The molecule has 1 fully saturated rings. The summed E-state index contributed by atoms with van der Waals surface area (Å²) in [6, 6.07) is 0. The quantitative estimate of drug-likeness (QED) is 0.787. The highest BCUT2D eigenvalue weighted by Crippen LogP contribution is 2.31. The molecule has 4 nitrogen and oxygen atoms in total. The molecule has 1 saturated heterocycles. The van der Waals surface area contributed by atoms with Gasteiger partial charge in [-0.3, -0.25) is 0 Å². The number of hydrogen-bond acceptors (Lipinski definition) is 3. The predicted octanol–water partition coefficient (Wildman–Crippen LogP) is 1.75. The van der Waals surface area contributed by atoms with E-state index in [0.29, 0.717) is 13.1 Å². The molecule has 0 bridgehead atoms. The fraction of sp³-hybridized carbons (Fsp3) is 0.857. The highest BCUT2D eigenvalue weighted by molar-refractivity contribution is 7.89. The van der Waals surface area contributed by atoms with E-state index in [0.717, 1.165) is 32.4 Å². The molecule has 19 heavy (non-hydrogen) atoms. The van der Waals surface area contributed by atoms with Crippen LogP contribution < -0.4 is 5.32 Å². The molecule has 0 saturated carbocycles. The van der Waals surface area contributed by atoms with Crippen molar-refractivity contribution in [3.63, 3.8) is 0 Å². The van der Waals surface area contributed by atoms with Crippen molar-refractivity contribution in [2.75, 3.05) is 26.2 Å². The van der Waals surface area contributed by atoms with Crippen LogP contribution in [0.2, 0.25) is 0 Å². The second kappa shape index (κ2) is 5.54. The molecule has 2 heterocycles. The second-order valence-corrected chi connectivity index (χ2v) is 8.79. The molecule has 0 aromatic heterocycles. The van der Waals surface area contributed by atoms with E-state index in [2.05, 4.69) is 32.2 Å². The lowest BCUT2D eigenvalue weighted by molar-refractivity contribution is 0.377. The Labute approximate surface area is 117 Å². The highest BCUT2D eigenvalue weighted by Gasteiger charge is 2.34. The molecule has 110 valence electrons. The van der Waals surface area contributed by atoms with Crippen molar-refractivity contribution in [1.29, 1.82) is 0 Å². The molecule has 0 aromatic rings. The summed E-state index contributed by atoms with van der Waals surface area (Å²) in [5, 5.41) is 3.04. The minimum Gasteiger partial charge on any atom is -0.317 e. The van der Waals surface area contributed by atoms with E-state index in [-0.39, 0.29) is 10.7 Å². The molecule has 2 aliphatic rings. The van der Waals surface area contributed by atoms with Crippen LogP contribution in [0, 0.1) is 5.41 Å². The number of nitrogens with one attached hydrogen (secondary N) is 1. The van der Waals surface area contributed by atoms with Gasteiger partial charge in [-0.05, 0) is 37.8 Å². The Bertz CT molecular complexity index is 443. The second-order valence-electron chi connectivity index (χ2n) is 6.58. The van der Waals surface area contributed by atoms with Gasteiger partial charge in [-0.15, -0.1) is 0 Å². The summed E-state index contributed by atoms with van der Waals surface area (Å²) < 4.78 is 26.8. The summed E-state index contributed by atoms with van der Waals surface area (Å²) in [6.07, 6.45) is 4.47. The summed E-state index contributed by atoms with van der Waals surface area (Å²) in [4.78, 5) is 0. The van der Waals surface area contributed by atoms with Crippen molar-refractivity contribution >= 4 is 10.0 Å². The standard InChI is InChI=1S/C14H26N2O2S/c1-14(2,3)12-6-10-16(11-7-12)19(17,18)13-4-8-15-9-5-13/h6,13,15H,4-5,7-11H2,1-3H3. The highest BCUT2D eigenvalue weighted by atomic mass is 32.2. The van der Waals surface area contributed by atoms with Gasteiger partial charge in [-0.2, -0.15) is 4.31 Å². The van der Waals surface area contributed by atoms with Crippen LogP contribution in [-0.2, 0) is 10.0 Å². The number of rotatable bonds is 2. The van der Waals surface area contributed by atoms with Crippen LogP contribution in [0.3, 0.4) is 0 Å². The normalized spacial score (nSPS) is 24.3. The first-order chi connectivity index (χ1) is 8.82. The zero-order valence-electron chi connectivity index (χ0n) is 12.3. The van der Waals surface area contributed by atoms with Gasteiger partial charge >= 0.3 is 0 Å².